The smallest absolute Gasteiger partial charge is 0.410 e. The van der Waals surface area contributed by atoms with E-state index in [1.54, 1.807) is 4.90 Å². The molecule has 2 rings (SSSR count). The van der Waals surface area contributed by atoms with Gasteiger partial charge in [0.05, 0.1) is 0 Å². The number of carbonyl (C=O) groups is 2. The van der Waals surface area contributed by atoms with Crippen molar-refractivity contribution in [2.45, 2.75) is 51.7 Å². The molecule has 0 bridgehead atoms. The summed E-state index contributed by atoms with van der Waals surface area (Å²) in [6, 6.07) is 0.243. The molecule has 1 unspecified atom stereocenters. The molecule has 90 valence electrons. The molecule has 0 aromatic carbocycles. The molecule has 1 saturated heterocycles. The number of likely N-dealkylation sites (tertiary alicyclic amines) is 1. The average molecular weight is 225 g/mol. The molecule has 1 heterocycles. The van der Waals surface area contributed by atoms with Crippen LogP contribution in [0.15, 0.2) is 0 Å². The Morgan fingerprint density at radius 2 is 2.00 bits per heavy atom. The Kier molecular flexibility index (Phi) is 2.68. The maximum atomic E-state index is 11.8. The fourth-order valence-electron chi connectivity index (χ4n) is 2.24. The van der Waals surface area contributed by atoms with Crippen molar-refractivity contribution >= 4 is 11.9 Å². The molecule has 0 spiro atoms. The molecule has 1 atom stereocenters. The van der Waals surface area contributed by atoms with Gasteiger partial charge in [0.15, 0.2) is 0 Å². The highest BCUT2D eigenvalue weighted by molar-refractivity contribution is 5.85. The van der Waals surface area contributed by atoms with Crippen LogP contribution in [-0.2, 0) is 9.53 Å². The first-order valence-electron chi connectivity index (χ1n) is 5.88. The second kappa shape index (κ2) is 3.75. The van der Waals surface area contributed by atoms with E-state index in [4.69, 9.17) is 4.74 Å². The highest BCUT2D eigenvalue weighted by Gasteiger charge is 2.44. The summed E-state index contributed by atoms with van der Waals surface area (Å²) in [5.74, 6) is 0.704. The first-order valence-corrected chi connectivity index (χ1v) is 5.88. The predicted molar refractivity (Wildman–Crippen MR) is 59.1 cm³/mol. The van der Waals surface area contributed by atoms with Gasteiger partial charge in [-0.1, -0.05) is 0 Å². The molecular formula is C12H19NO3. The molecule has 0 radical (unpaired) electrons. The third kappa shape index (κ3) is 2.20. The van der Waals surface area contributed by atoms with Crippen molar-refractivity contribution in [1.29, 1.82) is 0 Å². The molecule has 1 amide bonds. The van der Waals surface area contributed by atoms with Gasteiger partial charge in [0.1, 0.15) is 11.4 Å². The van der Waals surface area contributed by atoms with Gasteiger partial charge < -0.3 is 9.64 Å². The summed E-state index contributed by atoms with van der Waals surface area (Å²) in [4.78, 5) is 24.5. The molecule has 0 N–H and O–H groups in total. The largest absolute Gasteiger partial charge is 0.444 e. The van der Waals surface area contributed by atoms with Gasteiger partial charge in [-0.25, -0.2) is 4.79 Å². The van der Waals surface area contributed by atoms with Crippen molar-refractivity contribution in [2.75, 3.05) is 6.54 Å². The monoisotopic (exact) mass is 225 g/mol. The fourth-order valence-corrected chi connectivity index (χ4v) is 2.24. The van der Waals surface area contributed by atoms with E-state index in [0.717, 1.165) is 13.0 Å². The second-order valence-electron chi connectivity index (χ2n) is 5.74. The van der Waals surface area contributed by atoms with Gasteiger partial charge in [-0.2, -0.15) is 0 Å². The average Bonchev–Trinajstić information content (AvgIpc) is 1.94. The SMILES string of the molecule is CC(C)(C)OC(=O)N1CCC1C1CC(=O)C1. The van der Waals surface area contributed by atoms with E-state index >= 15 is 0 Å². The third-order valence-electron chi connectivity index (χ3n) is 3.22. The highest BCUT2D eigenvalue weighted by atomic mass is 16.6. The number of rotatable bonds is 1. The molecule has 1 aliphatic carbocycles. The predicted octanol–water partition coefficient (Wildman–Crippen LogP) is 1.97. The van der Waals surface area contributed by atoms with Gasteiger partial charge >= 0.3 is 6.09 Å². The van der Waals surface area contributed by atoms with Crippen molar-refractivity contribution < 1.29 is 14.3 Å². The number of ether oxygens (including phenoxy) is 1. The number of hydrogen-bond donors (Lipinski definition) is 0. The van der Waals surface area contributed by atoms with E-state index < -0.39 is 5.60 Å². The number of ketones is 1. The molecule has 4 heteroatoms. The van der Waals surface area contributed by atoms with Gasteiger partial charge in [-0.15, -0.1) is 0 Å². The van der Waals surface area contributed by atoms with Gasteiger partial charge in [0.25, 0.3) is 0 Å². The van der Waals surface area contributed by atoms with Crippen LogP contribution in [0.1, 0.15) is 40.0 Å². The van der Waals surface area contributed by atoms with E-state index in [2.05, 4.69) is 0 Å². The zero-order chi connectivity index (χ0) is 11.9. The van der Waals surface area contributed by atoms with Gasteiger partial charge in [0, 0.05) is 25.4 Å². The Morgan fingerprint density at radius 1 is 1.38 bits per heavy atom. The van der Waals surface area contributed by atoms with E-state index in [9.17, 15) is 9.59 Å². The van der Waals surface area contributed by atoms with Crippen LogP contribution in [-0.4, -0.2) is 35.0 Å². The molecule has 2 aliphatic rings. The van der Waals surface area contributed by atoms with E-state index in [0.29, 0.717) is 24.5 Å². The number of Topliss-reactive ketones (excluding diaryl/α,β-unsaturated/α-hetero) is 1. The number of nitrogens with zero attached hydrogens (tertiary/aromatic N) is 1. The lowest BCUT2D eigenvalue weighted by Crippen LogP contribution is -2.58. The molecule has 0 aromatic rings. The van der Waals surface area contributed by atoms with Crippen LogP contribution in [0.2, 0.25) is 0 Å². The van der Waals surface area contributed by atoms with Crippen LogP contribution in [0.5, 0.6) is 0 Å². The van der Waals surface area contributed by atoms with Crippen molar-refractivity contribution in [1.82, 2.24) is 4.90 Å². The Balaban J connectivity index is 1.86. The summed E-state index contributed by atoms with van der Waals surface area (Å²) >= 11 is 0. The third-order valence-corrected chi connectivity index (χ3v) is 3.22. The topological polar surface area (TPSA) is 46.6 Å². The first kappa shape index (κ1) is 11.4. The molecule has 1 saturated carbocycles. The minimum absolute atomic E-state index is 0.233. The number of hydrogen-bond acceptors (Lipinski definition) is 3. The standard InChI is InChI=1S/C12H19NO3/c1-12(2,3)16-11(15)13-5-4-10(13)8-6-9(14)7-8/h8,10H,4-7H2,1-3H3. The highest BCUT2D eigenvalue weighted by Crippen LogP contribution is 2.36. The van der Waals surface area contributed by atoms with Gasteiger partial charge in [-0.05, 0) is 33.1 Å². The van der Waals surface area contributed by atoms with Crippen LogP contribution < -0.4 is 0 Å². The van der Waals surface area contributed by atoms with Crippen LogP contribution in [0.25, 0.3) is 0 Å². The van der Waals surface area contributed by atoms with Crippen LogP contribution in [0.3, 0.4) is 0 Å². The van der Waals surface area contributed by atoms with E-state index in [-0.39, 0.29) is 12.1 Å². The minimum Gasteiger partial charge on any atom is -0.444 e. The number of amides is 1. The molecule has 0 aromatic heterocycles. The van der Waals surface area contributed by atoms with Crippen LogP contribution in [0, 0.1) is 5.92 Å². The zero-order valence-electron chi connectivity index (χ0n) is 10.2. The summed E-state index contributed by atoms with van der Waals surface area (Å²) < 4.78 is 5.32. The Bertz CT molecular complexity index is 311. The Labute approximate surface area is 95.9 Å². The second-order valence-corrected chi connectivity index (χ2v) is 5.74. The molecular weight excluding hydrogens is 206 g/mol. The zero-order valence-corrected chi connectivity index (χ0v) is 10.2. The first-order chi connectivity index (χ1) is 7.37. The van der Waals surface area contributed by atoms with Gasteiger partial charge in [-0.3, -0.25) is 4.79 Å². The summed E-state index contributed by atoms with van der Waals surface area (Å²) in [5.41, 5.74) is -0.438. The Morgan fingerprint density at radius 3 is 2.38 bits per heavy atom. The lowest BCUT2D eigenvalue weighted by molar-refractivity contribution is -0.131. The van der Waals surface area contributed by atoms with Crippen molar-refractivity contribution in [3.05, 3.63) is 0 Å². The summed E-state index contributed by atoms with van der Waals surface area (Å²) in [6.45, 7) is 6.37. The van der Waals surface area contributed by atoms with Crippen molar-refractivity contribution in [3.63, 3.8) is 0 Å². The van der Waals surface area contributed by atoms with E-state index in [1.165, 1.54) is 0 Å². The molecule has 2 fully saturated rings. The van der Waals surface area contributed by atoms with Crippen molar-refractivity contribution in [3.8, 4) is 0 Å². The molecule has 1 aliphatic heterocycles. The quantitative estimate of drug-likeness (QED) is 0.685. The maximum absolute atomic E-state index is 11.8. The maximum Gasteiger partial charge on any atom is 0.410 e. The minimum atomic E-state index is -0.438. The van der Waals surface area contributed by atoms with Gasteiger partial charge in [0.2, 0.25) is 0 Å². The number of carbonyl (C=O) groups excluding carboxylic acids is 2. The summed E-state index contributed by atoms with van der Waals surface area (Å²) in [5, 5.41) is 0. The Hall–Kier alpha value is -1.06. The van der Waals surface area contributed by atoms with Crippen molar-refractivity contribution in [2.24, 2.45) is 5.92 Å². The van der Waals surface area contributed by atoms with Crippen LogP contribution >= 0.6 is 0 Å². The van der Waals surface area contributed by atoms with E-state index in [1.807, 2.05) is 20.8 Å². The van der Waals surface area contributed by atoms with Crippen LogP contribution in [0.4, 0.5) is 4.79 Å². The lowest BCUT2D eigenvalue weighted by Gasteiger charge is -2.47. The fraction of sp³-hybridized carbons (Fsp3) is 0.833. The molecule has 4 nitrogen and oxygen atoms in total. The normalized spacial score (nSPS) is 26.1. The molecule has 16 heavy (non-hydrogen) atoms. The summed E-state index contributed by atoms with van der Waals surface area (Å²) in [7, 11) is 0. The summed E-state index contributed by atoms with van der Waals surface area (Å²) in [6.07, 6.45) is 2.06. The lowest BCUT2D eigenvalue weighted by atomic mass is 9.74.